The summed E-state index contributed by atoms with van der Waals surface area (Å²) in [4.78, 5) is 0. The van der Waals surface area contributed by atoms with Crippen LogP contribution in [0.25, 0.3) is 11.4 Å². The SMILES string of the molecule is Cn1cc(CNc2cccc(-c3nnnn3C)c2)nn1. The van der Waals surface area contributed by atoms with Crippen LogP contribution in [0, 0.1) is 0 Å². The molecule has 20 heavy (non-hydrogen) atoms. The minimum absolute atomic E-state index is 0.619. The smallest absolute Gasteiger partial charge is 0.181 e. The fourth-order valence-corrected chi connectivity index (χ4v) is 1.91. The van der Waals surface area contributed by atoms with Crippen molar-refractivity contribution in [3.63, 3.8) is 0 Å². The van der Waals surface area contributed by atoms with Crippen LogP contribution in [-0.2, 0) is 20.6 Å². The van der Waals surface area contributed by atoms with Gasteiger partial charge in [-0.25, -0.2) is 4.68 Å². The quantitative estimate of drug-likeness (QED) is 0.747. The van der Waals surface area contributed by atoms with Crippen LogP contribution in [-0.4, -0.2) is 35.2 Å². The van der Waals surface area contributed by atoms with E-state index in [9.17, 15) is 0 Å². The normalized spacial score (nSPS) is 10.7. The summed E-state index contributed by atoms with van der Waals surface area (Å²) in [6.45, 7) is 0.619. The molecule has 0 saturated heterocycles. The summed E-state index contributed by atoms with van der Waals surface area (Å²) in [6, 6.07) is 7.92. The second-order valence-electron chi connectivity index (χ2n) is 4.44. The lowest BCUT2D eigenvalue weighted by atomic mass is 10.2. The van der Waals surface area contributed by atoms with Gasteiger partial charge in [-0.15, -0.1) is 10.2 Å². The zero-order chi connectivity index (χ0) is 13.9. The van der Waals surface area contributed by atoms with Gasteiger partial charge in [-0.2, -0.15) is 0 Å². The molecule has 0 amide bonds. The topological polar surface area (TPSA) is 86.3 Å². The van der Waals surface area contributed by atoms with Gasteiger partial charge in [0, 0.05) is 31.5 Å². The zero-order valence-electron chi connectivity index (χ0n) is 11.2. The standard InChI is InChI=1S/C12H14N8/c1-19-8-11(14-17-19)7-13-10-5-3-4-9(6-10)12-15-16-18-20(12)2/h3-6,8,13H,7H2,1-2H3. The highest BCUT2D eigenvalue weighted by Crippen LogP contribution is 2.19. The molecule has 0 fully saturated rings. The van der Waals surface area contributed by atoms with E-state index in [1.165, 1.54) is 0 Å². The molecule has 0 spiro atoms. The number of anilines is 1. The van der Waals surface area contributed by atoms with Crippen LogP contribution in [0.5, 0.6) is 0 Å². The molecule has 0 aliphatic carbocycles. The number of rotatable bonds is 4. The third-order valence-electron chi connectivity index (χ3n) is 2.86. The van der Waals surface area contributed by atoms with E-state index in [2.05, 4.69) is 31.2 Å². The van der Waals surface area contributed by atoms with E-state index < -0.39 is 0 Å². The second kappa shape index (κ2) is 5.08. The third kappa shape index (κ3) is 2.48. The number of nitrogens with one attached hydrogen (secondary N) is 1. The van der Waals surface area contributed by atoms with Crippen molar-refractivity contribution in [1.29, 1.82) is 0 Å². The Morgan fingerprint density at radius 3 is 2.75 bits per heavy atom. The first-order valence-electron chi connectivity index (χ1n) is 6.14. The molecule has 3 rings (SSSR count). The predicted octanol–water partition coefficient (Wildman–Crippen LogP) is 0.618. The Hall–Kier alpha value is -2.77. The van der Waals surface area contributed by atoms with Crippen LogP contribution in [0.15, 0.2) is 30.5 Å². The fourth-order valence-electron chi connectivity index (χ4n) is 1.91. The lowest BCUT2D eigenvalue weighted by Crippen LogP contribution is -2.00. The summed E-state index contributed by atoms with van der Waals surface area (Å²) >= 11 is 0. The summed E-state index contributed by atoms with van der Waals surface area (Å²) in [5.41, 5.74) is 2.83. The van der Waals surface area contributed by atoms with Gasteiger partial charge in [0.2, 0.25) is 0 Å². The van der Waals surface area contributed by atoms with Crippen LogP contribution >= 0.6 is 0 Å². The monoisotopic (exact) mass is 270 g/mol. The highest BCUT2D eigenvalue weighted by atomic mass is 15.5. The van der Waals surface area contributed by atoms with Crippen LogP contribution < -0.4 is 5.32 Å². The van der Waals surface area contributed by atoms with Gasteiger partial charge < -0.3 is 5.32 Å². The van der Waals surface area contributed by atoms with Crippen molar-refractivity contribution in [3.05, 3.63) is 36.2 Å². The third-order valence-corrected chi connectivity index (χ3v) is 2.86. The summed E-state index contributed by atoms with van der Waals surface area (Å²) in [5.74, 6) is 0.730. The maximum absolute atomic E-state index is 4.03. The molecular formula is C12H14N8. The molecule has 0 unspecified atom stereocenters. The Kier molecular flexibility index (Phi) is 3.12. The first-order valence-corrected chi connectivity index (χ1v) is 6.14. The molecule has 0 radical (unpaired) electrons. The number of aryl methyl sites for hydroxylation is 2. The highest BCUT2D eigenvalue weighted by Gasteiger charge is 2.06. The van der Waals surface area contributed by atoms with Crippen molar-refractivity contribution in [2.45, 2.75) is 6.54 Å². The van der Waals surface area contributed by atoms with Crippen LogP contribution in [0.1, 0.15) is 5.69 Å². The number of nitrogens with zero attached hydrogens (tertiary/aromatic N) is 7. The summed E-state index contributed by atoms with van der Waals surface area (Å²) in [6.07, 6.45) is 1.88. The first kappa shape index (κ1) is 12.3. The largest absolute Gasteiger partial charge is 0.379 e. The molecule has 0 aliphatic heterocycles. The maximum Gasteiger partial charge on any atom is 0.181 e. The van der Waals surface area contributed by atoms with Crippen molar-refractivity contribution in [3.8, 4) is 11.4 Å². The molecule has 1 aromatic carbocycles. The fraction of sp³-hybridized carbons (Fsp3) is 0.250. The Bertz CT molecular complexity index is 714. The van der Waals surface area contributed by atoms with Gasteiger partial charge in [0.1, 0.15) is 5.69 Å². The van der Waals surface area contributed by atoms with Crippen LogP contribution in [0.2, 0.25) is 0 Å². The molecular weight excluding hydrogens is 256 g/mol. The zero-order valence-corrected chi connectivity index (χ0v) is 11.2. The van der Waals surface area contributed by atoms with E-state index in [-0.39, 0.29) is 0 Å². The van der Waals surface area contributed by atoms with Gasteiger partial charge in [0.25, 0.3) is 0 Å². The van der Waals surface area contributed by atoms with Crippen molar-refractivity contribution < 1.29 is 0 Å². The molecule has 2 aromatic heterocycles. The second-order valence-corrected chi connectivity index (χ2v) is 4.44. The van der Waals surface area contributed by atoms with Gasteiger partial charge in [0.15, 0.2) is 5.82 Å². The number of hydrogen-bond donors (Lipinski definition) is 1. The molecule has 0 atom stereocenters. The number of aromatic nitrogens is 7. The van der Waals surface area contributed by atoms with Crippen molar-refractivity contribution in [2.75, 3.05) is 5.32 Å². The van der Waals surface area contributed by atoms with E-state index in [1.54, 1.807) is 9.36 Å². The molecule has 0 bridgehead atoms. The molecule has 8 heteroatoms. The lowest BCUT2D eigenvalue weighted by Gasteiger charge is -2.06. The van der Waals surface area contributed by atoms with E-state index in [4.69, 9.17) is 0 Å². The van der Waals surface area contributed by atoms with Crippen molar-refractivity contribution >= 4 is 5.69 Å². The summed E-state index contributed by atoms with van der Waals surface area (Å²) in [7, 11) is 3.66. The van der Waals surface area contributed by atoms with E-state index in [1.807, 2.05) is 44.6 Å². The van der Waals surface area contributed by atoms with Gasteiger partial charge in [-0.3, -0.25) is 4.68 Å². The lowest BCUT2D eigenvalue weighted by molar-refractivity contribution is 0.713. The minimum Gasteiger partial charge on any atom is -0.379 e. The highest BCUT2D eigenvalue weighted by molar-refractivity contribution is 5.62. The molecule has 2 heterocycles. The molecule has 0 saturated carbocycles. The average Bonchev–Trinajstić information content (AvgIpc) is 3.05. The predicted molar refractivity (Wildman–Crippen MR) is 72.6 cm³/mol. The van der Waals surface area contributed by atoms with Gasteiger partial charge in [-0.1, -0.05) is 17.3 Å². The van der Waals surface area contributed by atoms with Crippen molar-refractivity contribution in [2.24, 2.45) is 14.1 Å². The maximum atomic E-state index is 4.03. The summed E-state index contributed by atoms with van der Waals surface area (Å²) in [5, 5.41) is 22.7. The van der Waals surface area contributed by atoms with E-state index in [0.717, 1.165) is 22.8 Å². The minimum atomic E-state index is 0.619. The Morgan fingerprint density at radius 2 is 2.05 bits per heavy atom. The van der Waals surface area contributed by atoms with Gasteiger partial charge in [-0.05, 0) is 22.6 Å². The first-order chi connectivity index (χ1) is 9.72. The average molecular weight is 270 g/mol. The number of hydrogen-bond acceptors (Lipinski definition) is 6. The molecule has 102 valence electrons. The number of tetrazole rings is 1. The van der Waals surface area contributed by atoms with Crippen LogP contribution in [0.4, 0.5) is 5.69 Å². The van der Waals surface area contributed by atoms with E-state index >= 15 is 0 Å². The van der Waals surface area contributed by atoms with Crippen LogP contribution in [0.3, 0.4) is 0 Å². The Labute approximate surface area is 115 Å². The molecule has 8 nitrogen and oxygen atoms in total. The Balaban J connectivity index is 1.76. The van der Waals surface area contributed by atoms with E-state index in [0.29, 0.717) is 6.54 Å². The summed E-state index contributed by atoms with van der Waals surface area (Å²) < 4.78 is 3.32. The molecule has 3 aromatic rings. The number of benzene rings is 1. The van der Waals surface area contributed by atoms with Crippen molar-refractivity contribution in [1.82, 2.24) is 35.2 Å². The molecule has 0 aliphatic rings. The molecule has 1 N–H and O–H groups in total. The van der Waals surface area contributed by atoms with Gasteiger partial charge in [0.05, 0.1) is 6.54 Å². The Morgan fingerprint density at radius 1 is 1.15 bits per heavy atom. The van der Waals surface area contributed by atoms with Gasteiger partial charge >= 0.3 is 0 Å².